The molecule has 12 aromatic carbocycles. The molecule has 0 fully saturated rings. The first-order chi connectivity index (χ1) is 49.4. The van der Waals surface area contributed by atoms with Crippen molar-refractivity contribution >= 4 is 159 Å². The van der Waals surface area contributed by atoms with Crippen LogP contribution in [-0.4, -0.2) is 85.1 Å². The van der Waals surface area contributed by atoms with E-state index in [1.54, 1.807) is 12.1 Å². The molecule has 0 aliphatic rings. The van der Waals surface area contributed by atoms with Crippen molar-refractivity contribution in [2.45, 2.75) is 0 Å². The summed E-state index contributed by atoms with van der Waals surface area (Å²) in [6, 6.07) is 99.3. The van der Waals surface area contributed by atoms with Crippen LogP contribution < -0.4 is 22.4 Å². The first-order valence-corrected chi connectivity index (χ1v) is 33.3. The Labute approximate surface area is 649 Å². The van der Waals surface area contributed by atoms with Gasteiger partial charge in [0, 0.05) is 54.6 Å². The molecule has 0 bridgehead atoms. The van der Waals surface area contributed by atoms with Crippen molar-refractivity contribution < 1.29 is 40.3 Å². The molecule has 0 atom stereocenters. The number of hydrogen-bond donors (Lipinski definition) is 2. The third-order valence-corrected chi connectivity index (χ3v) is 16.9. The Hall–Kier alpha value is -10.2. The first-order valence-electron chi connectivity index (χ1n) is 31.4. The molecule has 0 spiro atoms. The van der Waals surface area contributed by atoms with E-state index in [4.69, 9.17) is 96.3 Å². The molecule has 0 unspecified atom stereocenters. The van der Waals surface area contributed by atoms with E-state index in [1.807, 2.05) is 200 Å². The van der Waals surface area contributed by atoms with Crippen LogP contribution in [0.5, 0.6) is 0 Å². The summed E-state index contributed by atoms with van der Waals surface area (Å²) in [5.74, 6) is 2.20. The minimum atomic E-state index is -1.46. The SMILES string of the molecule is Clc1nc(Cl)nc(-c2cccc(-c3ccccc3)c2)n1.Clc1nc(Cl)nc(Cl)n1.OB(O)c1ccc2c(c1)oc1ccccc12.[Br-].[CH3-].[Mg+2].[c-]1cccc(-c2ccccc2)c1.c1ccc(-c2cccc(-c3nc(-c4ccc5c(c4)oc4ccccc45)nc(-c4ccc5c(c4)oc4ccccc45)n3)c2)cc1. The van der Waals surface area contributed by atoms with Gasteiger partial charge >= 0.3 is 30.2 Å². The van der Waals surface area contributed by atoms with Gasteiger partial charge in [0.2, 0.25) is 26.4 Å². The monoisotopic (exact) mass is 1530 g/mol. The molecular formula is C82H53BBrCl5MgN9O5-. The number of hydrogen-bond acceptors (Lipinski definition) is 14. The second-order valence-corrected chi connectivity index (χ2v) is 24.2. The maximum absolute atomic E-state index is 9.07. The summed E-state index contributed by atoms with van der Waals surface area (Å²) in [6.45, 7) is 0. The number of furan rings is 3. The van der Waals surface area contributed by atoms with Gasteiger partial charge in [0.05, 0.1) is 0 Å². The minimum Gasteiger partial charge on any atom is -1.00 e. The van der Waals surface area contributed by atoms with E-state index < -0.39 is 7.12 Å². The van der Waals surface area contributed by atoms with Crippen LogP contribution in [-0.2, 0) is 0 Å². The van der Waals surface area contributed by atoms with E-state index >= 15 is 0 Å². The van der Waals surface area contributed by atoms with Crippen LogP contribution in [0.25, 0.3) is 145 Å². The maximum atomic E-state index is 9.07. The fourth-order valence-electron chi connectivity index (χ4n) is 11.3. The van der Waals surface area contributed by atoms with Crippen LogP contribution in [0.1, 0.15) is 0 Å². The number of rotatable bonds is 8. The average molecular weight is 1540 g/mol. The van der Waals surface area contributed by atoms with Gasteiger partial charge in [-0.15, -0.1) is 5.56 Å². The third kappa shape index (κ3) is 17.8. The fourth-order valence-corrected chi connectivity index (χ4v) is 12.3. The van der Waals surface area contributed by atoms with Crippen molar-refractivity contribution in [2.24, 2.45) is 0 Å². The molecule has 6 heterocycles. The van der Waals surface area contributed by atoms with Gasteiger partial charge in [-0.25, -0.2) is 15.0 Å². The topological polar surface area (TPSA) is 196 Å². The Morgan fingerprint density at radius 3 is 0.952 bits per heavy atom. The molecule has 0 aliphatic heterocycles. The third-order valence-electron chi connectivity index (χ3n) is 16.0. The van der Waals surface area contributed by atoms with E-state index in [9.17, 15) is 0 Å². The van der Waals surface area contributed by atoms with Gasteiger partial charge in [0.15, 0.2) is 23.3 Å². The summed E-state index contributed by atoms with van der Waals surface area (Å²) in [5, 5.41) is 24.6. The van der Waals surface area contributed by atoms with Crippen LogP contribution in [0, 0.1) is 13.5 Å². The van der Waals surface area contributed by atoms with Crippen molar-refractivity contribution in [1.29, 1.82) is 0 Å². The number of para-hydroxylation sites is 3. The zero-order valence-corrected chi connectivity index (χ0v) is 61.7. The molecule has 504 valence electrons. The zero-order valence-electron chi connectivity index (χ0n) is 54.9. The molecular weight excluding hydrogens is 1480 g/mol. The summed E-state index contributed by atoms with van der Waals surface area (Å²) in [4.78, 5) is 37.3. The van der Waals surface area contributed by atoms with Gasteiger partial charge in [-0.05, 0) is 146 Å². The molecule has 2 N–H and O–H groups in total. The molecule has 6 aromatic heterocycles. The molecule has 18 rings (SSSR count). The molecule has 14 nitrogen and oxygen atoms in total. The number of halogens is 6. The fraction of sp³-hybridized carbons (Fsp3) is 0. The first kappa shape index (κ1) is 74.9. The predicted molar refractivity (Wildman–Crippen MR) is 418 cm³/mol. The van der Waals surface area contributed by atoms with E-state index in [1.165, 1.54) is 11.1 Å². The van der Waals surface area contributed by atoms with E-state index in [0.29, 0.717) is 34.3 Å². The molecule has 0 amide bonds. The largest absolute Gasteiger partial charge is 2.00 e. The smallest absolute Gasteiger partial charge is 1.00 e. The van der Waals surface area contributed by atoms with Crippen molar-refractivity contribution in [3.63, 3.8) is 0 Å². The summed E-state index contributed by atoms with van der Waals surface area (Å²) in [6.07, 6.45) is 0. The molecule has 18 aromatic rings. The number of nitrogens with zero attached hydrogens (tertiary/aromatic N) is 9. The Morgan fingerprint density at radius 1 is 0.269 bits per heavy atom. The minimum absolute atomic E-state index is 0. The van der Waals surface area contributed by atoms with Gasteiger partial charge < -0.3 is 47.7 Å². The normalized spacial score (nSPS) is 10.6. The van der Waals surface area contributed by atoms with Gasteiger partial charge in [-0.1, -0.05) is 212 Å². The number of benzene rings is 12. The maximum Gasteiger partial charge on any atom is 2.00 e. The van der Waals surface area contributed by atoms with Crippen LogP contribution in [0.15, 0.2) is 304 Å². The molecule has 0 saturated heterocycles. The Bertz CT molecular complexity index is 5720. The predicted octanol–water partition coefficient (Wildman–Crippen LogP) is 18.2. The summed E-state index contributed by atoms with van der Waals surface area (Å²) >= 11 is 27.6. The summed E-state index contributed by atoms with van der Waals surface area (Å²) in [7, 11) is -1.46. The van der Waals surface area contributed by atoms with Crippen molar-refractivity contribution in [1.82, 2.24) is 44.9 Å². The van der Waals surface area contributed by atoms with Crippen LogP contribution in [0.2, 0.25) is 26.4 Å². The van der Waals surface area contributed by atoms with Crippen molar-refractivity contribution in [2.75, 3.05) is 0 Å². The van der Waals surface area contributed by atoms with Gasteiger partial charge in [-0.3, -0.25) is 0 Å². The van der Waals surface area contributed by atoms with Crippen molar-refractivity contribution in [3.8, 4) is 78.9 Å². The Morgan fingerprint density at radius 2 is 0.567 bits per heavy atom. The summed E-state index contributed by atoms with van der Waals surface area (Å²) < 4.78 is 18.0. The van der Waals surface area contributed by atoms with E-state index in [-0.39, 0.29) is 73.9 Å². The quantitative estimate of drug-likeness (QED) is 0.108. The van der Waals surface area contributed by atoms with Crippen LogP contribution in [0.4, 0.5) is 0 Å². The van der Waals surface area contributed by atoms with Crippen LogP contribution >= 0.6 is 58.0 Å². The van der Waals surface area contributed by atoms with E-state index in [0.717, 1.165) is 105 Å². The Kier molecular flexibility index (Phi) is 25.1. The Balaban J connectivity index is 0.000000149. The van der Waals surface area contributed by atoms with Crippen molar-refractivity contribution in [3.05, 3.63) is 331 Å². The molecule has 0 radical (unpaired) electrons. The molecule has 0 aliphatic carbocycles. The van der Waals surface area contributed by atoms with E-state index in [2.05, 4.69) is 115 Å². The zero-order chi connectivity index (χ0) is 69.2. The second kappa shape index (κ2) is 34.8. The second-order valence-electron chi connectivity index (χ2n) is 22.5. The molecule has 22 heteroatoms. The van der Waals surface area contributed by atoms with Gasteiger partial charge in [-0.2, -0.15) is 60.2 Å². The standard InChI is InChI=1S/C39H23N3O2.C15H9Cl2N3.C12H9BO3.C12H9.C3Cl3N3.CH3.BrH.Mg/c1-2-9-24(10-3-1)25-11-8-12-26(21-25)37-40-38(27-17-19-31-29-13-4-6-15-33(29)43-35(31)22-27)42-39(41-37)28-18-20-32-30-14-5-7-16-34(30)44-36(32)23-28;16-14-18-13(19-15(17)20-14)12-8-4-7-11(9-12)10-5-2-1-3-6-10;14-13(15)8-5-6-10-9-3-1-2-4-11(9)16-12(10)7-8;1-3-7-11(8-4-1)12-9-5-2-6-10-12;4-1-7-2(5)9-3(6)8-1;;;/h1-23H;1-9H;1-7,14-15H;1-5,7-10H;;1H3;1H;/q;;;-1;;-1;;+2/p-1. The van der Waals surface area contributed by atoms with Gasteiger partial charge in [0.1, 0.15) is 33.5 Å². The number of fused-ring (bicyclic) bond motifs is 9. The average Bonchev–Trinajstić information content (AvgIpc) is 1.44. The number of aromatic nitrogens is 9. The molecule has 104 heavy (non-hydrogen) atoms. The van der Waals surface area contributed by atoms with Crippen LogP contribution in [0.3, 0.4) is 0 Å². The summed E-state index contributed by atoms with van der Waals surface area (Å²) in [5.41, 5.74) is 15.6. The molecule has 0 saturated carbocycles. The van der Waals surface area contributed by atoms with Gasteiger partial charge in [0.25, 0.3) is 0 Å².